The average Bonchev–Trinajstić information content (AvgIpc) is 3.16. The largest absolute Gasteiger partial charge is 0.438 e. The molecule has 2 aromatic heterocycles. The summed E-state index contributed by atoms with van der Waals surface area (Å²) in [5, 5.41) is 7.63. The second-order valence-corrected chi connectivity index (χ2v) is 7.45. The van der Waals surface area contributed by atoms with Crippen LogP contribution in [0.5, 0.6) is 0 Å². The van der Waals surface area contributed by atoms with Gasteiger partial charge in [0.05, 0.1) is 0 Å². The summed E-state index contributed by atoms with van der Waals surface area (Å²) in [5.74, 6) is 1.32. The van der Waals surface area contributed by atoms with Crippen LogP contribution >= 0.6 is 0 Å². The molecule has 22 heavy (non-hydrogen) atoms. The van der Waals surface area contributed by atoms with Crippen LogP contribution in [-0.4, -0.2) is 36.0 Å². The van der Waals surface area contributed by atoms with Crippen molar-refractivity contribution < 1.29 is 17.3 Å². The molecule has 3 rings (SSSR count). The summed E-state index contributed by atoms with van der Waals surface area (Å²) in [6.45, 7) is 5.01. The van der Waals surface area contributed by atoms with Crippen molar-refractivity contribution in [1.29, 1.82) is 0 Å². The number of hydrogen-bond donors (Lipinski definition) is 0. The molecule has 120 valence electrons. The molecular weight excluding hydrogens is 306 g/mol. The first-order valence-corrected chi connectivity index (χ1v) is 8.87. The Labute approximate surface area is 129 Å². The number of aromatic nitrogens is 2. The highest BCUT2D eigenvalue weighted by atomic mass is 32.2. The minimum absolute atomic E-state index is 0.0761. The van der Waals surface area contributed by atoms with Crippen LogP contribution in [0.2, 0.25) is 0 Å². The Bertz CT molecular complexity index is 750. The Hall–Kier alpha value is -1.67. The summed E-state index contributed by atoms with van der Waals surface area (Å²) in [6.07, 6.45) is 2.54. The predicted octanol–water partition coefficient (Wildman–Crippen LogP) is 2.31. The van der Waals surface area contributed by atoms with Crippen molar-refractivity contribution in [2.24, 2.45) is 5.92 Å². The molecule has 1 aliphatic rings. The minimum atomic E-state index is -3.60. The van der Waals surface area contributed by atoms with Gasteiger partial charge in [-0.2, -0.15) is 4.31 Å². The van der Waals surface area contributed by atoms with E-state index in [1.807, 2.05) is 6.92 Å². The fourth-order valence-electron chi connectivity index (χ4n) is 2.56. The number of hydrogen-bond acceptors (Lipinski definition) is 6. The van der Waals surface area contributed by atoms with E-state index in [9.17, 15) is 8.42 Å². The molecule has 0 amide bonds. The fraction of sp³-hybridized carbons (Fsp3) is 0.571. The molecule has 2 aromatic rings. The maximum absolute atomic E-state index is 12.6. The molecule has 8 heteroatoms. The normalized spacial score (nSPS) is 20.4. The smallest absolute Gasteiger partial charge is 0.283 e. The molecule has 0 unspecified atom stereocenters. The summed E-state index contributed by atoms with van der Waals surface area (Å²) < 4.78 is 37.5. The van der Waals surface area contributed by atoms with Gasteiger partial charge < -0.3 is 8.83 Å². The summed E-state index contributed by atoms with van der Waals surface area (Å²) in [4.78, 5) is 0. The molecule has 7 nitrogen and oxygen atoms in total. The van der Waals surface area contributed by atoms with E-state index in [2.05, 4.69) is 17.1 Å². The van der Waals surface area contributed by atoms with Crippen LogP contribution < -0.4 is 0 Å². The molecule has 1 fully saturated rings. The number of furan rings is 1. The van der Waals surface area contributed by atoms with E-state index < -0.39 is 10.0 Å². The Balaban J connectivity index is 1.86. The third-order valence-corrected chi connectivity index (χ3v) is 5.51. The first kappa shape index (κ1) is 15.2. The summed E-state index contributed by atoms with van der Waals surface area (Å²) in [5.41, 5.74) is 0. The summed E-state index contributed by atoms with van der Waals surface area (Å²) in [6, 6.07) is 2.99. The van der Waals surface area contributed by atoms with Gasteiger partial charge in [-0.25, -0.2) is 8.42 Å². The molecule has 3 heterocycles. The van der Waals surface area contributed by atoms with Gasteiger partial charge in [-0.05, 0) is 30.9 Å². The monoisotopic (exact) mass is 325 g/mol. The number of sulfonamides is 1. The third kappa shape index (κ3) is 2.80. The molecule has 0 aliphatic carbocycles. The van der Waals surface area contributed by atoms with Crippen LogP contribution in [0.3, 0.4) is 0 Å². The highest BCUT2D eigenvalue weighted by molar-refractivity contribution is 7.89. The quantitative estimate of drug-likeness (QED) is 0.857. The summed E-state index contributed by atoms with van der Waals surface area (Å²) in [7, 11) is -3.60. The first-order chi connectivity index (χ1) is 10.5. The van der Waals surface area contributed by atoms with Crippen LogP contribution in [0.25, 0.3) is 11.7 Å². The van der Waals surface area contributed by atoms with Crippen LogP contribution in [-0.2, 0) is 16.4 Å². The van der Waals surface area contributed by atoms with E-state index in [1.54, 1.807) is 6.07 Å². The standard InChI is InChI=1S/C14H19N3O4S/c1-3-12-15-16-14(21-12)11-6-7-13(20-11)22(18,19)17-8-4-5-10(2)9-17/h6-7,10H,3-5,8-9H2,1-2H3/t10-/m0/s1. The van der Waals surface area contributed by atoms with Gasteiger partial charge in [-0.15, -0.1) is 10.2 Å². The minimum Gasteiger partial charge on any atom is -0.438 e. The van der Waals surface area contributed by atoms with E-state index in [1.165, 1.54) is 10.4 Å². The van der Waals surface area contributed by atoms with Gasteiger partial charge in [-0.1, -0.05) is 13.8 Å². The lowest BCUT2D eigenvalue weighted by molar-refractivity contribution is 0.275. The van der Waals surface area contributed by atoms with Crippen LogP contribution in [0.15, 0.2) is 26.1 Å². The van der Waals surface area contributed by atoms with E-state index in [-0.39, 0.29) is 16.7 Å². The second-order valence-electron chi connectivity index (χ2n) is 5.58. The van der Waals surface area contributed by atoms with Crippen molar-refractivity contribution in [3.8, 4) is 11.7 Å². The highest BCUT2D eigenvalue weighted by Gasteiger charge is 2.31. The van der Waals surface area contributed by atoms with Crippen LogP contribution in [0, 0.1) is 5.92 Å². The van der Waals surface area contributed by atoms with Crippen molar-refractivity contribution in [3.63, 3.8) is 0 Å². The van der Waals surface area contributed by atoms with Gasteiger partial charge in [0.1, 0.15) is 0 Å². The molecule has 1 aliphatic heterocycles. The zero-order valence-corrected chi connectivity index (χ0v) is 13.5. The highest BCUT2D eigenvalue weighted by Crippen LogP contribution is 2.28. The van der Waals surface area contributed by atoms with Gasteiger partial charge in [0.2, 0.25) is 11.0 Å². The first-order valence-electron chi connectivity index (χ1n) is 7.43. The molecule has 0 radical (unpaired) electrons. The predicted molar refractivity (Wildman–Crippen MR) is 78.5 cm³/mol. The molecule has 1 saturated heterocycles. The Morgan fingerprint density at radius 2 is 2.14 bits per heavy atom. The second kappa shape index (κ2) is 5.85. The lowest BCUT2D eigenvalue weighted by Crippen LogP contribution is -2.38. The SMILES string of the molecule is CCc1nnc(-c2ccc(S(=O)(=O)N3CCC[C@H](C)C3)o2)o1. The molecule has 0 N–H and O–H groups in total. The van der Waals surface area contributed by atoms with Crippen molar-refractivity contribution in [3.05, 3.63) is 18.0 Å². The third-order valence-electron chi connectivity index (χ3n) is 3.78. The van der Waals surface area contributed by atoms with Crippen LogP contribution in [0.4, 0.5) is 0 Å². The Morgan fingerprint density at radius 1 is 1.32 bits per heavy atom. The molecule has 0 bridgehead atoms. The lowest BCUT2D eigenvalue weighted by atomic mass is 10.0. The molecule has 0 spiro atoms. The summed E-state index contributed by atoms with van der Waals surface area (Å²) >= 11 is 0. The van der Waals surface area contributed by atoms with Crippen molar-refractivity contribution in [1.82, 2.24) is 14.5 Å². The van der Waals surface area contributed by atoms with Gasteiger partial charge in [0.25, 0.3) is 15.9 Å². The number of rotatable bonds is 4. The Morgan fingerprint density at radius 3 is 2.82 bits per heavy atom. The topological polar surface area (TPSA) is 89.4 Å². The number of piperidine rings is 1. The van der Waals surface area contributed by atoms with Crippen molar-refractivity contribution in [2.45, 2.75) is 38.2 Å². The van der Waals surface area contributed by atoms with E-state index in [0.717, 1.165) is 12.8 Å². The number of nitrogens with zero attached hydrogens (tertiary/aromatic N) is 3. The maximum atomic E-state index is 12.6. The van der Waals surface area contributed by atoms with Gasteiger partial charge in [0, 0.05) is 19.5 Å². The molecule has 1 atom stereocenters. The van der Waals surface area contributed by atoms with Gasteiger partial charge >= 0.3 is 0 Å². The van der Waals surface area contributed by atoms with Crippen LogP contribution in [0.1, 0.15) is 32.6 Å². The maximum Gasteiger partial charge on any atom is 0.283 e. The van der Waals surface area contributed by atoms with Crippen molar-refractivity contribution in [2.75, 3.05) is 13.1 Å². The fourth-order valence-corrected chi connectivity index (χ4v) is 4.07. The molecule has 0 aromatic carbocycles. The van der Waals surface area contributed by atoms with Gasteiger partial charge in [-0.3, -0.25) is 0 Å². The zero-order valence-electron chi connectivity index (χ0n) is 12.7. The Kier molecular flexibility index (Phi) is 4.05. The average molecular weight is 325 g/mol. The molecular formula is C14H19N3O4S. The van der Waals surface area contributed by atoms with Crippen molar-refractivity contribution >= 4 is 10.0 Å². The van der Waals surface area contributed by atoms with E-state index in [4.69, 9.17) is 8.83 Å². The molecule has 0 saturated carbocycles. The zero-order chi connectivity index (χ0) is 15.7. The van der Waals surface area contributed by atoms with E-state index in [0.29, 0.717) is 31.3 Å². The van der Waals surface area contributed by atoms with Gasteiger partial charge in [0.15, 0.2) is 5.76 Å². The lowest BCUT2D eigenvalue weighted by Gasteiger charge is -2.29. The van der Waals surface area contributed by atoms with E-state index >= 15 is 0 Å². The number of aryl methyl sites for hydroxylation is 1.